The Bertz CT molecular complexity index is 741. The maximum absolute atomic E-state index is 12.3. The molecule has 7 heteroatoms. The van der Waals surface area contributed by atoms with Crippen LogP contribution in [0.2, 0.25) is 0 Å². The Morgan fingerprint density at radius 1 is 1.39 bits per heavy atom. The molecule has 0 atom stereocenters. The first-order valence-electron chi connectivity index (χ1n) is 7.52. The summed E-state index contributed by atoms with van der Waals surface area (Å²) in [6.07, 6.45) is 1.60. The zero-order valence-electron chi connectivity index (χ0n) is 12.8. The van der Waals surface area contributed by atoms with Gasteiger partial charge in [0.15, 0.2) is 5.82 Å². The van der Waals surface area contributed by atoms with E-state index >= 15 is 0 Å². The van der Waals surface area contributed by atoms with E-state index in [0.29, 0.717) is 30.2 Å². The predicted octanol–water partition coefficient (Wildman–Crippen LogP) is 2.66. The molecule has 1 saturated heterocycles. The minimum atomic E-state index is -0.185. The molecule has 0 spiro atoms. The van der Waals surface area contributed by atoms with Crippen LogP contribution in [-0.2, 0) is 0 Å². The lowest BCUT2D eigenvalue weighted by Crippen LogP contribution is -2.40. The second-order valence-corrected chi connectivity index (χ2v) is 5.52. The molecule has 0 saturated carbocycles. The molecule has 118 valence electrons. The fourth-order valence-electron chi connectivity index (χ4n) is 2.71. The van der Waals surface area contributed by atoms with Crippen LogP contribution in [0.15, 0.2) is 28.8 Å². The first kappa shape index (κ1) is 15.0. The fourth-order valence-corrected chi connectivity index (χ4v) is 2.71. The van der Waals surface area contributed by atoms with Crippen LogP contribution in [-0.4, -0.2) is 34.2 Å². The van der Waals surface area contributed by atoms with Crippen molar-refractivity contribution in [2.75, 3.05) is 18.4 Å². The van der Waals surface area contributed by atoms with Gasteiger partial charge in [-0.2, -0.15) is 10.2 Å². The smallest absolute Gasteiger partial charge is 0.321 e. The SMILES string of the molecule is Cc1nc(C2CCN(C(=O)Nc3ccccc3C#N)CC2)no1. The van der Waals surface area contributed by atoms with E-state index in [2.05, 4.69) is 21.5 Å². The monoisotopic (exact) mass is 311 g/mol. The van der Waals surface area contributed by atoms with Crippen LogP contribution in [0.25, 0.3) is 0 Å². The number of aryl methyl sites for hydroxylation is 1. The quantitative estimate of drug-likeness (QED) is 0.920. The molecule has 1 N–H and O–H groups in total. The summed E-state index contributed by atoms with van der Waals surface area (Å²) in [4.78, 5) is 18.3. The van der Waals surface area contributed by atoms with E-state index in [-0.39, 0.29) is 11.9 Å². The molecule has 1 aliphatic heterocycles. The number of hydrogen-bond donors (Lipinski definition) is 1. The zero-order chi connectivity index (χ0) is 16.2. The van der Waals surface area contributed by atoms with Crippen molar-refractivity contribution in [2.45, 2.75) is 25.7 Å². The maximum atomic E-state index is 12.3. The molecule has 2 amide bonds. The van der Waals surface area contributed by atoms with Gasteiger partial charge in [0.1, 0.15) is 6.07 Å². The van der Waals surface area contributed by atoms with E-state index in [1.54, 1.807) is 36.1 Å². The average molecular weight is 311 g/mol. The molecule has 0 unspecified atom stereocenters. The van der Waals surface area contributed by atoms with E-state index in [1.165, 1.54) is 0 Å². The summed E-state index contributed by atoms with van der Waals surface area (Å²) >= 11 is 0. The molecule has 2 heterocycles. The van der Waals surface area contributed by atoms with Gasteiger partial charge in [-0.1, -0.05) is 17.3 Å². The van der Waals surface area contributed by atoms with Gasteiger partial charge in [0.05, 0.1) is 11.3 Å². The van der Waals surface area contributed by atoms with Gasteiger partial charge in [-0.25, -0.2) is 4.79 Å². The van der Waals surface area contributed by atoms with Crippen molar-refractivity contribution in [1.82, 2.24) is 15.0 Å². The highest BCUT2D eigenvalue weighted by Gasteiger charge is 2.26. The second kappa shape index (κ2) is 6.48. The molecule has 1 fully saturated rings. The number of urea groups is 1. The Labute approximate surface area is 133 Å². The predicted molar refractivity (Wildman–Crippen MR) is 82.8 cm³/mol. The van der Waals surface area contributed by atoms with E-state index < -0.39 is 0 Å². The first-order chi connectivity index (χ1) is 11.2. The number of piperidine rings is 1. The van der Waals surface area contributed by atoms with Crippen molar-refractivity contribution < 1.29 is 9.32 Å². The van der Waals surface area contributed by atoms with E-state index in [1.807, 2.05) is 0 Å². The molecule has 23 heavy (non-hydrogen) atoms. The lowest BCUT2D eigenvalue weighted by atomic mass is 9.96. The van der Waals surface area contributed by atoms with Crippen molar-refractivity contribution in [1.29, 1.82) is 5.26 Å². The van der Waals surface area contributed by atoms with Crippen LogP contribution in [0, 0.1) is 18.3 Å². The molecule has 7 nitrogen and oxygen atoms in total. The highest BCUT2D eigenvalue weighted by molar-refractivity contribution is 5.90. The van der Waals surface area contributed by atoms with Crippen molar-refractivity contribution in [3.05, 3.63) is 41.5 Å². The summed E-state index contributed by atoms with van der Waals surface area (Å²) in [5, 5.41) is 15.8. The number of anilines is 1. The molecular formula is C16H17N5O2. The van der Waals surface area contributed by atoms with Gasteiger partial charge in [-0.15, -0.1) is 0 Å². The zero-order valence-corrected chi connectivity index (χ0v) is 12.8. The van der Waals surface area contributed by atoms with Gasteiger partial charge < -0.3 is 14.7 Å². The lowest BCUT2D eigenvalue weighted by Gasteiger charge is -2.30. The number of hydrogen-bond acceptors (Lipinski definition) is 5. The molecule has 0 aliphatic carbocycles. The molecular weight excluding hydrogens is 294 g/mol. The van der Waals surface area contributed by atoms with Gasteiger partial charge in [0.2, 0.25) is 5.89 Å². The fraction of sp³-hybridized carbons (Fsp3) is 0.375. The summed E-state index contributed by atoms with van der Waals surface area (Å²) < 4.78 is 5.01. The molecule has 0 radical (unpaired) electrons. The number of amides is 2. The third-order valence-corrected chi connectivity index (χ3v) is 3.98. The Hall–Kier alpha value is -2.88. The topological polar surface area (TPSA) is 95.1 Å². The van der Waals surface area contributed by atoms with Crippen LogP contribution in [0.1, 0.15) is 36.0 Å². The van der Waals surface area contributed by atoms with Crippen LogP contribution >= 0.6 is 0 Å². The van der Waals surface area contributed by atoms with Gasteiger partial charge in [-0.05, 0) is 25.0 Å². The number of benzene rings is 1. The van der Waals surface area contributed by atoms with Crippen LogP contribution < -0.4 is 5.32 Å². The number of aromatic nitrogens is 2. The average Bonchev–Trinajstić information content (AvgIpc) is 3.02. The summed E-state index contributed by atoms with van der Waals surface area (Å²) in [6, 6.07) is 8.86. The molecule has 1 aromatic heterocycles. The Balaban J connectivity index is 1.59. The molecule has 3 rings (SSSR count). The standard InChI is InChI=1S/C16H17N5O2/c1-11-18-15(20-23-11)12-6-8-21(9-7-12)16(22)19-14-5-3-2-4-13(14)10-17/h2-5,12H,6-9H2,1H3,(H,19,22). The second-order valence-electron chi connectivity index (χ2n) is 5.52. The maximum Gasteiger partial charge on any atom is 0.321 e. The number of nitriles is 1. The normalized spacial score (nSPS) is 15.2. The van der Waals surface area contributed by atoms with Crippen LogP contribution in [0.4, 0.5) is 10.5 Å². The molecule has 1 aromatic carbocycles. The Morgan fingerprint density at radius 3 is 2.78 bits per heavy atom. The van der Waals surface area contributed by atoms with E-state index in [4.69, 9.17) is 9.78 Å². The third kappa shape index (κ3) is 3.31. The molecule has 2 aromatic rings. The van der Waals surface area contributed by atoms with E-state index in [0.717, 1.165) is 18.7 Å². The van der Waals surface area contributed by atoms with Gasteiger partial charge in [0.25, 0.3) is 0 Å². The number of nitrogens with zero attached hydrogens (tertiary/aromatic N) is 4. The summed E-state index contributed by atoms with van der Waals surface area (Å²) in [7, 11) is 0. The minimum absolute atomic E-state index is 0.185. The Morgan fingerprint density at radius 2 is 2.13 bits per heavy atom. The van der Waals surface area contributed by atoms with E-state index in [9.17, 15) is 4.79 Å². The minimum Gasteiger partial charge on any atom is -0.340 e. The summed E-state index contributed by atoms with van der Waals surface area (Å²) in [5.41, 5.74) is 0.994. The number of para-hydroxylation sites is 1. The third-order valence-electron chi connectivity index (χ3n) is 3.98. The van der Waals surface area contributed by atoms with Crippen molar-refractivity contribution in [3.8, 4) is 6.07 Å². The highest BCUT2D eigenvalue weighted by atomic mass is 16.5. The van der Waals surface area contributed by atoms with Gasteiger partial charge >= 0.3 is 6.03 Å². The number of likely N-dealkylation sites (tertiary alicyclic amines) is 1. The largest absolute Gasteiger partial charge is 0.340 e. The summed E-state index contributed by atoms with van der Waals surface area (Å²) in [5.74, 6) is 1.51. The Kier molecular flexibility index (Phi) is 4.24. The number of nitrogens with one attached hydrogen (secondary N) is 1. The van der Waals surface area contributed by atoms with Gasteiger partial charge in [-0.3, -0.25) is 0 Å². The van der Waals surface area contributed by atoms with Crippen LogP contribution in [0.5, 0.6) is 0 Å². The van der Waals surface area contributed by atoms with Crippen LogP contribution in [0.3, 0.4) is 0 Å². The number of carbonyl (C=O) groups excluding carboxylic acids is 1. The first-order valence-corrected chi connectivity index (χ1v) is 7.52. The molecule has 0 bridgehead atoms. The van der Waals surface area contributed by atoms with Crippen molar-refractivity contribution >= 4 is 11.7 Å². The number of rotatable bonds is 2. The van der Waals surface area contributed by atoms with Crippen molar-refractivity contribution in [2.24, 2.45) is 0 Å². The lowest BCUT2D eigenvalue weighted by molar-refractivity contribution is 0.193. The summed E-state index contributed by atoms with van der Waals surface area (Å²) in [6.45, 7) is 3.02. The highest BCUT2D eigenvalue weighted by Crippen LogP contribution is 2.26. The molecule has 1 aliphatic rings. The van der Waals surface area contributed by atoms with Crippen molar-refractivity contribution in [3.63, 3.8) is 0 Å². The number of carbonyl (C=O) groups is 1. The van der Waals surface area contributed by atoms with Gasteiger partial charge in [0, 0.05) is 25.9 Å².